The van der Waals surface area contributed by atoms with Gasteiger partial charge in [-0.15, -0.1) is 0 Å². The fourth-order valence-electron chi connectivity index (χ4n) is 1.77. The van der Waals surface area contributed by atoms with Gasteiger partial charge in [-0.3, -0.25) is 4.99 Å². The maximum atomic E-state index is 10.0. The molecule has 1 heterocycles. The second-order valence-corrected chi connectivity index (χ2v) is 3.69. The van der Waals surface area contributed by atoms with Crippen molar-refractivity contribution in [1.82, 2.24) is 0 Å². The first-order chi connectivity index (χ1) is 7.81. The number of methoxy groups -OCH3 is 1. The van der Waals surface area contributed by atoms with Gasteiger partial charge in [0.15, 0.2) is 0 Å². The molecule has 0 bridgehead atoms. The molecule has 1 aromatic carbocycles. The van der Waals surface area contributed by atoms with E-state index >= 15 is 0 Å². The Morgan fingerprint density at radius 1 is 1.38 bits per heavy atom. The van der Waals surface area contributed by atoms with Gasteiger partial charge in [0.05, 0.1) is 13.2 Å². The van der Waals surface area contributed by atoms with Crippen LogP contribution >= 0.6 is 0 Å². The molecule has 1 N–H and O–H groups in total. The van der Waals surface area contributed by atoms with Crippen LogP contribution in [0.4, 0.5) is 0 Å². The summed E-state index contributed by atoms with van der Waals surface area (Å²) in [5.41, 5.74) is 1.87. The van der Waals surface area contributed by atoms with Gasteiger partial charge >= 0.3 is 0 Å². The van der Waals surface area contributed by atoms with Gasteiger partial charge in [-0.05, 0) is 18.1 Å². The number of aliphatic hydroxyl groups excluding tert-OH is 1. The van der Waals surface area contributed by atoms with Crippen LogP contribution in [0.1, 0.15) is 18.1 Å². The summed E-state index contributed by atoms with van der Waals surface area (Å²) in [7, 11) is 1.60. The number of aliphatic hydroxyl groups is 1. The van der Waals surface area contributed by atoms with Crippen LogP contribution in [0, 0.1) is 0 Å². The van der Waals surface area contributed by atoms with Crippen molar-refractivity contribution in [2.24, 2.45) is 4.99 Å². The van der Waals surface area contributed by atoms with Crippen LogP contribution in [0.2, 0.25) is 0 Å². The van der Waals surface area contributed by atoms with Gasteiger partial charge in [-0.1, -0.05) is 30.3 Å². The Morgan fingerprint density at radius 2 is 2.12 bits per heavy atom. The molecule has 1 unspecified atom stereocenters. The minimum atomic E-state index is -0.588. The van der Waals surface area contributed by atoms with Crippen LogP contribution in [0.15, 0.2) is 47.0 Å². The lowest BCUT2D eigenvalue weighted by molar-refractivity contribution is 0.227. The highest BCUT2D eigenvalue weighted by Gasteiger charge is 2.15. The molecule has 0 amide bonds. The lowest BCUT2D eigenvalue weighted by atomic mass is 10.1. The molecule has 0 fully saturated rings. The third-order valence-electron chi connectivity index (χ3n) is 2.60. The standard InChI is InChI=1S/C13H15NO2/c1-16-13-11(7-8-14-13)9-12(15)10-5-3-2-4-6-10/h2-6,9,12,15H,7-8H2,1H3/b11-9-. The summed E-state index contributed by atoms with van der Waals surface area (Å²) in [5.74, 6) is 0.648. The summed E-state index contributed by atoms with van der Waals surface area (Å²) >= 11 is 0. The minimum absolute atomic E-state index is 0.588. The first-order valence-corrected chi connectivity index (χ1v) is 5.34. The normalized spacial score (nSPS) is 19.6. The van der Waals surface area contributed by atoms with Crippen molar-refractivity contribution in [3.63, 3.8) is 0 Å². The largest absolute Gasteiger partial charge is 0.481 e. The van der Waals surface area contributed by atoms with Gasteiger partial charge in [0.25, 0.3) is 0 Å². The predicted molar refractivity (Wildman–Crippen MR) is 63.4 cm³/mol. The molecule has 0 aromatic heterocycles. The van der Waals surface area contributed by atoms with Crippen LogP contribution in [0.3, 0.4) is 0 Å². The summed E-state index contributed by atoms with van der Waals surface area (Å²) in [6, 6.07) is 9.57. The first-order valence-electron chi connectivity index (χ1n) is 5.34. The van der Waals surface area contributed by atoms with Crippen LogP contribution in [0.5, 0.6) is 0 Å². The van der Waals surface area contributed by atoms with Crippen LogP contribution in [-0.2, 0) is 4.74 Å². The minimum Gasteiger partial charge on any atom is -0.481 e. The Hall–Kier alpha value is -1.61. The molecule has 0 spiro atoms. The Balaban J connectivity index is 2.16. The fourth-order valence-corrected chi connectivity index (χ4v) is 1.77. The number of benzene rings is 1. The molecule has 16 heavy (non-hydrogen) atoms. The van der Waals surface area contributed by atoms with E-state index in [0.717, 1.165) is 24.1 Å². The van der Waals surface area contributed by atoms with Crippen molar-refractivity contribution in [1.29, 1.82) is 0 Å². The zero-order valence-electron chi connectivity index (χ0n) is 9.26. The maximum Gasteiger partial charge on any atom is 0.211 e. The highest BCUT2D eigenvalue weighted by molar-refractivity contribution is 5.95. The first kappa shape index (κ1) is 10.9. The van der Waals surface area contributed by atoms with Crippen molar-refractivity contribution in [2.45, 2.75) is 12.5 Å². The zero-order valence-corrected chi connectivity index (χ0v) is 9.26. The van der Waals surface area contributed by atoms with Gasteiger partial charge in [0, 0.05) is 12.1 Å². The van der Waals surface area contributed by atoms with E-state index in [-0.39, 0.29) is 0 Å². The summed E-state index contributed by atoms with van der Waals surface area (Å²) in [6.07, 6.45) is 2.06. The second kappa shape index (κ2) is 4.94. The van der Waals surface area contributed by atoms with Crippen molar-refractivity contribution >= 4 is 5.90 Å². The summed E-state index contributed by atoms with van der Waals surface area (Å²) < 4.78 is 5.13. The number of rotatable bonds is 2. The van der Waals surface area contributed by atoms with Gasteiger partial charge in [0.1, 0.15) is 0 Å². The Kier molecular flexibility index (Phi) is 3.37. The molecule has 3 heteroatoms. The molecule has 84 valence electrons. The summed E-state index contributed by atoms with van der Waals surface area (Å²) in [5, 5.41) is 10.0. The molecule has 2 rings (SSSR count). The van der Waals surface area contributed by atoms with Gasteiger partial charge in [0.2, 0.25) is 5.90 Å². The predicted octanol–water partition coefficient (Wildman–Crippen LogP) is 2.09. The van der Waals surface area contributed by atoms with Crippen LogP contribution < -0.4 is 0 Å². The van der Waals surface area contributed by atoms with Gasteiger partial charge in [-0.2, -0.15) is 0 Å². The van der Waals surface area contributed by atoms with E-state index in [1.807, 2.05) is 36.4 Å². The van der Waals surface area contributed by atoms with Gasteiger partial charge in [-0.25, -0.2) is 0 Å². The topological polar surface area (TPSA) is 41.8 Å². The number of hydrogen-bond acceptors (Lipinski definition) is 3. The van der Waals surface area contributed by atoms with Crippen molar-refractivity contribution in [3.8, 4) is 0 Å². The smallest absolute Gasteiger partial charge is 0.211 e. The van der Waals surface area contributed by atoms with E-state index in [4.69, 9.17) is 4.74 Å². The SMILES string of the molecule is COC1=NCC/C1=C/C(O)c1ccccc1. The average Bonchev–Trinajstić information content (AvgIpc) is 2.77. The molecular formula is C13H15NO2. The summed E-state index contributed by atoms with van der Waals surface area (Å²) in [4.78, 5) is 4.20. The molecule has 1 aromatic rings. The van der Waals surface area contributed by atoms with Crippen molar-refractivity contribution in [2.75, 3.05) is 13.7 Å². The molecule has 0 saturated carbocycles. The van der Waals surface area contributed by atoms with E-state index in [0.29, 0.717) is 5.90 Å². The molecule has 3 nitrogen and oxygen atoms in total. The molecular weight excluding hydrogens is 202 g/mol. The number of hydrogen-bond donors (Lipinski definition) is 1. The molecule has 1 aliphatic rings. The Labute approximate surface area is 95.1 Å². The quantitative estimate of drug-likeness (QED) is 0.824. The lowest BCUT2D eigenvalue weighted by Gasteiger charge is -2.08. The molecule has 0 saturated heterocycles. The monoisotopic (exact) mass is 217 g/mol. The van der Waals surface area contributed by atoms with E-state index in [1.165, 1.54) is 0 Å². The number of aliphatic imine (C=N–C) groups is 1. The summed E-state index contributed by atoms with van der Waals surface area (Å²) in [6.45, 7) is 0.747. The zero-order chi connectivity index (χ0) is 11.4. The fraction of sp³-hybridized carbons (Fsp3) is 0.308. The third-order valence-corrected chi connectivity index (χ3v) is 2.60. The van der Waals surface area contributed by atoms with E-state index in [9.17, 15) is 5.11 Å². The highest BCUT2D eigenvalue weighted by Crippen LogP contribution is 2.20. The van der Waals surface area contributed by atoms with E-state index < -0.39 is 6.10 Å². The molecule has 1 aliphatic heterocycles. The van der Waals surface area contributed by atoms with Crippen molar-refractivity contribution < 1.29 is 9.84 Å². The average molecular weight is 217 g/mol. The maximum absolute atomic E-state index is 10.0. The third kappa shape index (κ3) is 2.31. The number of nitrogens with zero attached hydrogens (tertiary/aromatic N) is 1. The second-order valence-electron chi connectivity index (χ2n) is 3.69. The van der Waals surface area contributed by atoms with E-state index in [2.05, 4.69) is 4.99 Å². The lowest BCUT2D eigenvalue weighted by Crippen LogP contribution is -2.03. The molecule has 0 aliphatic carbocycles. The molecule has 1 atom stereocenters. The van der Waals surface area contributed by atoms with Gasteiger partial charge < -0.3 is 9.84 Å². The Morgan fingerprint density at radius 3 is 2.81 bits per heavy atom. The highest BCUT2D eigenvalue weighted by atomic mass is 16.5. The van der Waals surface area contributed by atoms with Crippen LogP contribution in [-0.4, -0.2) is 24.7 Å². The molecule has 0 radical (unpaired) electrons. The van der Waals surface area contributed by atoms with E-state index in [1.54, 1.807) is 7.11 Å². The van der Waals surface area contributed by atoms with Crippen LogP contribution in [0.25, 0.3) is 0 Å². The van der Waals surface area contributed by atoms with Crippen molar-refractivity contribution in [3.05, 3.63) is 47.5 Å². The number of ether oxygens (including phenoxy) is 1. The Bertz CT molecular complexity index is 409.